The van der Waals surface area contributed by atoms with Crippen LogP contribution in [-0.4, -0.2) is 20.9 Å². The van der Waals surface area contributed by atoms with Gasteiger partial charge in [-0.2, -0.15) is 5.10 Å². The fourth-order valence-corrected chi connectivity index (χ4v) is 2.45. The Morgan fingerprint density at radius 1 is 1.29 bits per heavy atom. The number of hydrogen-bond acceptors (Lipinski definition) is 3. The Morgan fingerprint density at radius 2 is 2.18 bits per heavy atom. The summed E-state index contributed by atoms with van der Waals surface area (Å²) in [7, 11) is 0. The highest BCUT2D eigenvalue weighted by Crippen LogP contribution is 2.23. The summed E-state index contributed by atoms with van der Waals surface area (Å²) in [6, 6.07) is 9.45. The summed E-state index contributed by atoms with van der Waals surface area (Å²) in [6.07, 6.45) is 1.65. The van der Waals surface area contributed by atoms with Crippen LogP contribution >= 0.6 is 11.3 Å². The largest absolute Gasteiger partial charge is 0.476 e. The number of aromatic carboxylic acids is 1. The molecule has 0 bridgehead atoms. The third-order valence-corrected chi connectivity index (χ3v) is 3.41. The van der Waals surface area contributed by atoms with Gasteiger partial charge in [0, 0.05) is 10.9 Å². The fraction of sp³-hybridized carbons (Fsp3) is 0. The number of nitrogens with zero attached hydrogens (tertiary/aromatic N) is 2. The summed E-state index contributed by atoms with van der Waals surface area (Å²) >= 11 is 1.68. The van der Waals surface area contributed by atoms with Gasteiger partial charge in [0.05, 0.1) is 5.69 Å². The number of thiophene rings is 1. The van der Waals surface area contributed by atoms with Gasteiger partial charge in [0.15, 0.2) is 5.69 Å². The summed E-state index contributed by atoms with van der Waals surface area (Å²) in [5.74, 6) is -1.01. The molecule has 0 saturated carbocycles. The van der Waals surface area contributed by atoms with Gasteiger partial charge in [-0.25, -0.2) is 9.48 Å². The van der Waals surface area contributed by atoms with Gasteiger partial charge in [0.2, 0.25) is 0 Å². The Hall–Kier alpha value is -2.14. The summed E-state index contributed by atoms with van der Waals surface area (Å²) in [5.41, 5.74) is 0.916. The molecule has 0 aliphatic heterocycles. The molecule has 1 N–H and O–H groups in total. The highest BCUT2D eigenvalue weighted by Gasteiger charge is 2.07. The molecule has 3 aromatic rings. The van der Waals surface area contributed by atoms with E-state index in [2.05, 4.69) is 5.10 Å². The monoisotopic (exact) mass is 244 g/mol. The van der Waals surface area contributed by atoms with Crippen molar-refractivity contribution < 1.29 is 9.90 Å². The van der Waals surface area contributed by atoms with Crippen LogP contribution in [0.25, 0.3) is 15.8 Å². The van der Waals surface area contributed by atoms with E-state index >= 15 is 0 Å². The number of benzene rings is 1. The van der Waals surface area contributed by atoms with Crippen LogP contribution in [0.15, 0.2) is 41.9 Å². The normalized spacial score (nSPS) is 10.8. The molecule has 0 radical (unpaired) electrons. The molecule has 84 valence electrons. The minimum Gasteiger partial charge on any atom is -0.476 e. The second-order valence-electron chi connectivity index (χ2n) is 3.59. The number of carbonyl (C=O) groups is 1. The van der Waals surface area contributed by atoms with Crippen LogP contribution in [0.4, 0.5) is 0 Å². The van der Waals surface area contributed by atoms with E-state index in [9.17, 15) is 4.79 Å². The number of carboxylic acid groups (broad SMARTS) is 1. The van der Waals surface area contributed by atoms with Crippen molar-refractivity contribution in [3.63, 3.8) is 0 Å². The van der Waals surface area contributed by atoms with Gasteiger partial charge < -0.3 is 5.11 Å². The first kappa shape index (κ1) is 10.0. The molecular formula is C12H8N2O2S. The van der Waals surface area contributed by atoms with Crippen LogP contribution in [0.3, 0.4) is 0 Å². The first-order valence-corrected chi connectivity index (χ1v) is 5.88. The lowest BCUT2D eigenvalue weighted by Crippen LogP contribution is -2.00. The summed E-state index contributed by atoms with van der Waals surface area (Å²) in [4.78, 5) is 10.7. The van der Waals surface area contributed by atoms with Crippen molar-refractivity contribution in [1.29, 1.82) is 0 Å². The summed E-state index contributed by atoms with van der Waals surface area (Å²) in [5, 5.41) is 16.0. The maximum Gasteiger partial charge on any atom is 0.356 e. The average molecular weight is 244 g/mol. The second kappa shape index (κ2) is 3.71. The highest BCUT2D eigenvalue weighted by atomic mass is 32.1. The molecule has 5 heteroatoms. The first-order valence-electron chi connectivity index (χ1n) is 5.01. The van der Waals surface area contributed by atoms with Gasteiger partial charge in [-0.1, -0.05) is 0 Å². The van der Waals surface area contributed by atoms with E-state index in [0.29, 0.717) is 0 Å². The van der Waals surface area contributed by atoms with Gasteiger partial charge in [-0.3, -0.25) is 0 Å². The standard InChI is InChI=1S/C12H8N2O2S/c15-12(16)10-3-5-14(13-10)9-1-2-11-8(7-9)4-6-17-11/h1-7H,(H,15,16). The molecule has 0 amide bonds. The zero-order valence-electron chi connectivity index (χ0n) is 8.70. The van der Waals surface area contributed by atoms with Crippen LogP contribution < -0.4 is 0 Å². The number of carboxylic acids is 1. The molecule has 0 aliphatic rings. The van der Waals surface area contributed by atoms with E-state index < -0.39 is 5.97 Å². The van der Waals surface area contributed by atoms with E-state index in [1.165, 1.54) is 10.8 Å². The van der Waals surface area contributed by atoms with Gasteiger partial charge in [-0.15, -0.1) is 11.3 Å². The Kier molecular flexibility index (Phi) is 2.19. The number of rotatable bonds is 2. The quantitative estimate of drug-likeness (QED) is 0.754. The van der Waals surface area contributed by atoms with Gasteiger partial charge >= 0.3 is 5.97 Å². The van der Waals surface area contributed by atoms with E-state index in [-0.39, 0.29) is 5.69 Å². The minimum atomic E-state index is -1.01. The van der Waals surface area contributed by atoms with Crippen LogP contribution in [0.5, 0.6) is 0 Å². The van der Waals surface area contributed by atoms with Gasteiger partial charge in [-0.05, 0) is 41.1 Å². The van der Waals surface area contributed by atoms with E-state index in [4.69, 9.17) is 5.11 Å². The smallest absolute Gasteiger partial charge is 0.356 e. The molecule has 0 unspecified atom stereocenters. The maximum absolute atomic E-state index is 10.7. The highest BCUT2D eigenvalue weighted by molar-refractivity contribution is 7.17. The molecule has 2 heterocycles. The lowest BCUT2D eigenvalue weighted by Gasteiger charge is -2.00. The van der Waals surface area contributed by atoms with Crippen LogP contribution in [-0.2, 0) is 0 Å². The molecule has 0 atom stereocenters. The van der Waals surface area contributed by atoms with Crippen molar-refractivity contribution >= 4 is 27.4 Å². The first-order chi connectivity index (χ1) is 8.24. The Labute approximate surface area is 101 Å². The molecular weight excluding hydrogens is 236 g/mol. The molecule has 3 rings (SSSR count). The van der Waals surface area contributed by atoms with E-state index in [1.807, 2.05) is 29.6 Å². The zero-order valence-corrected chi connectivity index (χ0v) is 9.52. The lowest BCUT2D eigenvalue weighted by atomic mass is 10.2. The van der Waals surface area contributed by atoms with Crippen molar-refractivity contribution in [2.24, 2.45) is 0 Å². The minimum absolute atomic E-state index is 0.0513. The summed E-state index contributed by atoms with van der Waals surface area (Å²) < 4.78 is 2.78. The molecule has 0 fully saturated rings. The van der Waals surface area contributed by atoms with E-state index in [1.54, 1.807) is 22.2 Å². The fourth-order valence-electron chi connectivity index (χ4n) is 1.68. The molecule has 17 heavy (non-hydrogen) atoms. The predicted molar refractivity (Wildman–Crippen MR) is 65.9 cm³/mol. The number of hydrogen-bond donors (Lipinski definition) is 1. The summed E-state index contributed by atoms with van der Waals surface area (Å²) in [6.45, 7) is 0. The van der Waals surface area contributed by atoms with Crippen molar-refractivity contribution in [2.75, 3.05) is 0 Å². The van der Waals surface area contributed by atoms with Crippen LogP contribution in [0.2, 0.25) is 0 Å². The molecule has 1 aromatic carbocycles. The third-order valence-electron chi connectivity index (χ3n) is 2.51. The van der Waals surface area contributed by atoms with Crippen molar-refractivity contribution in [2.45, 2.75) is 0 Å². The molecule has 2 aromatic heterocycles. The molecule has 4 nitrogen and oxygen atoms in total. The zero-order chi connectivity index (χ0) is 11.8. The van der Waals surface area contributed by atoms with Crippen LogP contribution in [0, 0.1) is 0 Å². The lowest BCUT2D eigenvalue weighted by molar-refractivity contribution is 0.0690. The number of aromatic nitrogens is 2. The van der Waals surface area contributed by atoms with Gasteiger partial charge in [0.25, 0.3) is 0 Å². The topological polar surface area (TPSA) is 55.1 Å². The molecule has 0 spiro atoms. The molecule has 0 aliphatic carbocycles. The third kappa shape index (κ3) is 1.70. The Morgan fingerprint density at radius 3 is 2.94 bits per heavy atom. The van der Waals surface area contributed by atoms with Crippen molar-refractivity contribution in [3.05, 3.63) is 47.6 Å². The van der Waals surface area contributed by atoms with Crippen molar-refractivity contribution in [3.8, 4) is 5.69 Å². The predicted octanol–water partition coefficient (Wildman–Crippen LogP) is 2.79. The van der Waals surface area contributed by atoms with Gasteiger partial charge in [0.1, 0.15) is 0 Å². The number of fused-ring (bicyclic) bond motifs is 1. The SMILES string of the molecule is O=C(O)c1ccn(-c2ccc3sccc3c2)n1. The maximum atomic E-state index is 10.7. The Bertz CT molecular complexity index is 699. The van der Waals surface area contributed by atoms with E-state index in [0.717, 1.165) is 11.1 Å². The molecule has 0 saturated heterocycles. The Balaban J connectivity index is 2.09. The van der Waals surface area contributed by atoms with Crippen molar-refractivity contribution in [1.82, 2.24) is 9.78 Å². The van der Waals surface area contributed by atoms with Crippen LogP contribution in [0.1, 0.15) is 10.5 Å². The second-order valence-corrected chi connectivity index (χ2v) is 4.54. The average Bonchev–Trinajstić information content (AvgIpc) is 2.97.